The minimum Gasteiger partial charge on any atom is -0.297 e. The Bertz CT molecular complexity index is 3150. The zero-order chi connectivity index (χ0) is 65.7. The lowest BCUT2D eigenvalue weighted by Gasteiger charge is -2.17. The highest BCUT2D eigenvalue weighted by Gasteiger charge is 2.30. The Morgan fingerprint density at radius 1 is 0.387 bits per heavy atom. The van der Waals surface area contributed by atoms with E-state index in [0.717, 1.165) is 123 Å². The summed E-state index contributed by atoms with van der Waals surface area (Å²) in [5.74, 6) is 1.18. The molecule has 5 nitrogen and oxygen atoms in total. The molecule has 2 unspecified atom stereocenters. The topological polar surface area (TPSA) is 68.6 Å². The Morgan fingerprint density at radius 2 is 0.742 bits per heavy atom. The van der Waals surface area contributed by atoms with Crippen molar-refractivity contribution in [2.24, 2.45) is 11.8 Å². The van der Waals surface area contributed by atoms with Gasteiger partial charge in [0, 0.05) is 30.6 Å². The van der Waals surface area contributed by atoms with E-state index in [9.17, 15) is 4.79 Å². The molecule has 2 atom stereocenters. The van der Waals surface area contributed by atoms with Crippen LogP contribution >= 0.6 is 80.3 Å². The average Bonchev–Trinajstić information content (AvgIpc) is 1.59. The van der Waals surface area contributed by atoms with Gasteiger partial charge in [-0.2, -0.15) is 8.75 Å². The Hall–Kier alpha value is -2.57. The van der Waals surface area contributed by atoms with Gasteiger partial charge in [0.1, 0.15) is 33.5 Å². The fourth-order valence-electron chi connectivity index (χ4n) is 14.1. The van der Waals surface area contributed by atoms with Crippen LogP contribution in [0.15, 0.2) is 29.6 Å². The highest BCUT2D eigenvalue weighted by atomic mass is 35.5. The van der Waals surface area contributed by atoms with E-state index in [1.165, 1.54) is 303 Å². The number of aromatic nitrogens is 4. The molecule has 0 aliphatic rings. The standard InChI is InChI=1S/C81H122Cl2N4OS5/c1-7-13-19-25-29-31-33-35-39-45-51-63-55-69(89-60-63)74-78-79(75(81-80(74)86-93-87-81)70-56-64(73(59-88)92-70)52-46-40-36-34-32-30-26-20-14-8-2)85-77(72-58-66(83)68(91-72)54-62(48-42-24-18-12-6)50-44-38-28-22-16-10-4)76(84-78)71-57-65(82)67(90-71)53-61(47-41-23-17-11-5)49-43-37-27-21-15-9-3/h55-62H,7-54H2,1-6H3. The van der Waals surface area contributed by atoms with Crippen molar-refractivity contribution < 1.29 is 4.79 Å². The molecule has 1 aromatic carbocycles. The van der Waals surface area contributed by atoms with Crippen LogP contribution < -0.4 is 0 Å². The van der Waals surface area contributed by atoms with Crippen LogP contribution in [-0.2, 0) is 25.7 Å². The van der Waals surface area contributed by atoms with E-state index in [0.29, 0.717) is 11.8 Å². The minimum atomic E-state index is 0.588. The Kier molecular flexibility index (Phi) is 38.4. The number of carbonyl (C=O) groups is 1. The predicted molar refractivity (Wildman–Crippen MR) is 418 cm³/mol. The van der Waals surface area contributed by atoms with Gasteiger partial charge in [-0.15, -0.1) is 45.3 Å². The first-order chi connectivity index (χ1) is 45.7. The summed E-state index contributed by atoms with van der Waals surface area (Å²) in [5, 5.41) is 4.06. The van der Waals surface area contributed by atoms with Crippen molar-refractivity contribution in [2.75, 3.05) is 0 Å². The van der Waals surface area contributed by atoms with Crippen LogP contribution in [0.4, 0.5) is 0 Å². The smallest absolute Gasteiger partial charge is 0.160 e. The Labute approximate surface area is 596 Å². The second-order valence-electron chi connectivity index (χ2n) is 27.8. The van der Waals surface area contributed by atoms with Crippen molar-refractivity contribution in [3.05, 3.63) is 65.4 Å². The van der Waals surface area contributed by atoms with Gasteiger partial charge in [0.25, 0.3) is 0 Å². The Morgan fingerprint density at radius 3 is 1.14 bits per heavy atom. The van der Waals surface area contributed by atoms with Crippen LogP contribution in [-0.4, -0.2) is 25.0 Å². The highest BCUT2D eigenvalue weighted by molar-refractivity contribution is 7.18. The number of carbonyl (C=O) groups excluding carboxylic acids is 1. The van der Waals surface area contributed by atoms with Gasteiger partial charge in [0.15, 0.2) is 6.29 Å². The molecule has 7 aromatic rings. The molecule has 0 saturated carbocycles. The molecule has 0 spiro atoms. The summed E-state index contributed by atoms with van der Waals surface area (Å²) >= 11 is 23.5. The fraction of sp³-hybridized carbons (Fsp3) is 0.691. The van der Waals surface area contributed by atoms with Crippen molar-refractivity contribution >= 4 is 109 Å². The lowest BCUT2D eigenvalue weighted by Crippen LogP contribution is -2.05. The number of benzene rings is 1. The second-order valence-corrected chi connectivity index (χ2v) is 33.5. The van der Waals surface area contributed by atoms with Crippen LogP contribution in [0, 0.1) is 11.8 Å². The molecule has 12 heteroatoms. The van der Waals surface area contributed by atoms with Crippen molar-refractivity contribution in [1.29, 1.82) is 0 Å². The van der Waals surface area contributed by atoms with Crippen LogP contribution in [0.3, 0.4) is 0 Å². The predicted octanol–water partition coefficient (Wildman–Crippen LogP) is 30.4. The zero-order valence-electron chi connectivity index (χ0n) is 59.1. The molecule has 93 heavy (non-hydrogen) atoms. The molecule has 0 aliphatic carbocycles. The van der Waals surface area contributed by atoms with E-state index in [1.54, 1.807) is 22.7 Å². The number of hydrogen-bond donors (Lipinski definition) is 0. The average molecular weight is 1400 g/mol. The quantitative estimate of drug-likeness (QED) is 0.0281. The summed E-state index contributed by atoms with van der Waals surface area (Å²) in [7, 11) is 0. The number of halogens is 2. The molecule has 0 saturated heterocycles. The molecule has 0 fully saturated rings. The van der Waals surface area contributed by atoms with Gasteiger partial charge in [0.05, 0.1) is 36.4 Å². The number of aldehydes is 1. The maximum Gasteiger partial charge on any atom is 0.160 e. The maximum absolute atomic E-state index is 13.2. The van der Waals surface area contributed by atoms with Gasteiger partial charge in [0.2, 0.25) is 0 Å². The molecule has 0 aliphatic heterocycles. The lowest BCUT2D eigenvalue weighted by atomic mass is 9.91. The maximum atomic E-state index is 13.2. The molecule has 0 radical (unpaired) electrons. The van der Waals surface area contributed by atoms with Crippen molar-refractivity contribution in [2.45, 2.75) is 350 Å². The first-order valence-corrected chi connectivity index (χ1v) is 43.3. The van der Waals surface area contributed by atoms with Crippen LogP contribution in [0.25, 0.3) is 64.1 Å². The van der Waals surface area contributed by atoms with Crippen LogP contribution in [0.2, 0.25) is 10.0 Å². The van der Waals surface area contributed by atoms with E-state index in [1.807, 2.05) is 22.7 Å². The van der Waals surface area contributed by atoms with E-state index < -0.39 is 0 Å². The molecule has 6 aromatic heterocycles. The number of nitrogens with zero attached hydrogens (tertiary/aromatic N) is 4. The van der Waals surface area contributed by atoms with Crippen LogP contribution in [0.5, 0.6) is 0 Å². The number of fused-ring (bicyclic) bond motifs is 2. The van der Waals surface area contributed by atoms with E-state index >= 15 is 0 Å². The molecular formula is C81H122Cl2N4OS5. The van der Waals surface area contributed by atoms with Gasteiger partial charge in [-0.1, -0.05) is 334 Å². The molecular weight excluding hydrogens is 1280 g/mol. The first-order valence-electron chi connectivity index (χ1n) is 38.5. The molecule has 7 rings (SSSR count). The number of hydrogen-bond acceptors (Lipinski definition) is 10. The number of aryl methyl sites for hydroxylation is 2. The number of unbranched alkanes of at least 4 members (excludes halogenated alkanes) is 34. The SMILES string of the molecule is CCCCCCCCCCCCc1csc(-c2c3nsnc3c(-c3cc(CCCCCCCCCCCC)c(C=O)s3)c3nc(-c4cc(Cl)c(CC(CCCCCC)CCCCCCCC)s4)c(-c4cc(Cl)c(CC(CCCCCC)CCCCCCCC)s4)nc23)c1. The highest BCUT2D eigenvalue weighted by Crippen LogP contribution is 2.50. The number of rotatable bonds is 55. The van der Waals surface area contributed by atoms with Crippen LogP contribution in [0.1, 0.15) is 355 Å². The third-order valence-electron chi connectivity index (χ3n) is 19.8. The van der Waals surface area contributed by atoms with Crippen molar-refractivity contribution in [1.82, 2.24) is 18.7 Å². The molecule has 0 amide bonds. The third kappa shape index (κ3) is 25.9. The van der Waals surface area contributed by atoms with Gasteiger partial charge < -0.3 is 0 Å². The first kappa shape index (κ1) is 77.8. The molecule has 516 valence electrons. The van der Waals surface area contributed by atoms with E-state index in [-0.39, 0.29) is 0 Å². The van der Waals surface area contributed by atoms with Gasteiger partial charge in [-0.25, -0.2) is 9.97 Å². The summed E-state index contributed by atoms with van der Waals surface area (Å²) < 4.78 is 10.4. The van der Waals surface area contributed by atoms with Crippen molar-refractivity contribution in [3.63, 3.8) is 0 Å². The third-order valence-corrected chi connectivity index (χ3v) is 25.7. The number of thiophene rings is 4. The molecule has 6 heterocycles. The summed E-state index contributed by atoms with van der Waals surface area (Å²) in [5.41, 5.74) is 9.51. The van der Waals surface area contributed by atoms with Gasteiger partial charge >= 0.3 is 0 Å². The van der Waals surface area contributed by atoms with E-state index in [4.69, 9.17) is 41.9 Å². The summed E-state index contributed by atoms with van der Waals surface area (Å²) in [6.07, 6.45) is 62.1. The monoisotopic (exact) mass is 1400 g/mol. The summed E-state index contributed by atoms with van der Waals surface area (Å²) in [6.45, 7) is 13.9. The fourth-order valence-corrected chi connectivity index (χ4v) is 19.8. The van der Waals surface area contributed by atoms with E-state index in [2.05, 4.69) is 71.2 Å². The zero-order valence-corrected chi connectivity index (χ0v) is 64.6. The van der Waals surface area contributed by atoms with Crippen molar-refractivity contribution in [3.8, 4) is 42.0 Å². The lowest BCUT2D eigenvalue weighted by molar-refractivity contribution is 0.112. The molecule has 0 N–H and O–H groups in total. The van der Waals surface area contributed by atoms with Gasteiger partial charge in [-0.05, 0) is 91.1 Å². The van der Waals surface area contributed by atoms with Gasteiger partial charge in [-0.3, -0.25) is 4.79 Å². The normalized spacial score (nSPS) is 12.6. The largest absolute Gasteiger partial charge is 0.297 e. The second kappa shape index (κ2) is 45.9. The Balaban J connectivity index is 1.34. The summed E-state index contributed by atoms with van der Waals surface area (Å²) in [6, 6.07) is 9.14. The summed E-state index contributed by atoms with van der Waals surface area (Å²) in [4.78, 5) is 32.9. The molecule has 0 bridgehead atoms. The minimum absolute atomic E-state index is 0.588.